The molecular formula is C25H23NO5. The zero-order valence-electron chi connectivity index (χ0n) is 17.5. The number of carbonyl (C=O) groups is 2. The Bertz CT molecular complexity index is 1130. The van der Waals surface area contributed by atoms with E-state index in [1.54, 1.807) is 48.5 Å². The van der Waals surface area contributed by atoms with E-state index in [0.29, 0.717) is 22.8 Å². The van der Waals surface area contributed by atoms with Gasteiger partial charge < -0.3 is 14.3 Å². The maximum absolute atomic E-state index is 13.0. The van der Waals surface area contributed by atoms with Crippen molar-refractivity contribution in [3.05, 3.63) is 89.4 Å². The van der Waals surface area contributed by atoms with Crippen LogP contribution in [0.3, 0.4) is 0 Å². The van der Waals surface area contributed by atoms with E-state index in [9.17, 15) is 14.7 Å². The highest BCUT2D eigenvalue weighted by Crippen LogP contribution is 2.42. The second kappa shape index (κ2) is 8.14. The third-order valence-corrected chi connectivity index (χ3v) is 5.07. The van der Waals surface area contributed by atoms with Crippen LogP contribution in [0.25, 0.3) is 5.76 Å². The standard InChI is InChI=1S/C25H23NO5/c1-15(2)31-19-12-10-18(11-13-19)26-22(20-5-4-14-30-20)21(24(28)25(26)29)23(27)17-8-6-16(3)7-9-17/h4-15,22,27H,1-3H3/b23-21-. The van der Waals surface area contributed by atoms with Crippen LogP contribution in [0.5, 0.6) is 5.75 Å². The first-order valence-electron chi connectivity index (χ1n) is 10.0. The molecule has 1 aromatic heterocycles. The summed E-state index contributed by atoms with van der Waals surface area (Å²) in [6.07, 6.45) is 1.48. The van der Waals surface area contributed by atoms with Gasteiger partial charge in [0.15, 0.2) is 0 Å². The van der Waals surface area contributed by atoms with E-state index in [1.807, 2.05) is 32.9 Å². The summed E-state index contributed by atoms with van der Waals surface area (Å²) in [5.41, 5.74) is 1.97. The lowest BCUT2D eigenvalue weighted by Gasteiger charge is -2.23. The van der Waals surface area contributed by atoms with Crippen molar-refractivity contribution < 1.29 is 23.8 Å². The van der Waals surface area contributed by atoms with Crippen LogP contribution in [0, 0.1) is 6.92 Å². The van der Waals surface area contributed by atoms with Gasteiger partial charge in [-0.2, -0.15) is 0 Å². The second-order valence-electron chi connectivity index (χ2n) is 7.71. The maximum atomic E-state index is 13.0. The Morgan fingerprint density at radius 2 is 1.71 bits per heavy atom. The van der Waals surface area contributed by atoms with Gasteiger partial charge in [-0.05, 0) is 57.2 Å². The van der Waals surface area contributed by atoms with Crippen LogP contribution in [-0.2, 0) is 9.59 Å². The summed E-state index contributed by atoms with van der Waals surface area (Å²) in [7, 11) is 0. The number of ketones is 1. The third kappa shape index (κ3) is 3.84. The van der Waals surface area contributed by atoms with Crippen LogP contribution in [0.15, 0.2) is 76.9 Å². The minimum Gasteiger partial charge on any atom is -0.507 e. The monoisotopic (exact) mass is 417 g/mol. The Hall–Kier alpha value is -3.80. The Kier molecular flexibility index (Phi) is 5.38. The fourth-order valence-corrected chi connectivity index (χ4v) is 3.64. The number of ether oxygens (including phenoxy) is 1. The van der Waals surface area contributed by atoms with E-state index in [2.05, 4.69) is 0 Å². The molecule has 0 radical (unpaired) electrons. The van der Waals surface area contributed by atoms with E-state index < -0.39 is 17.7 Å². The van der Waals surface area contributed by atoms with Gasteiger partial charge in [0.25, 0.3) is 11.7 Å². The van der Waals surface area contributed by atoms with Crippen molar-refractivity contribution >= 4 is 23.1 Å². The zero-order valence-corrected chi connectivity index (χ0v) is 17.5. The predicted octanol–water partition coefficient (Wildman–Crippen LogP) is 5.00. The number of aliphatic hydroxyl groups excluding tert-OH is 1. The van der Waals surface area contributed by atoms with Crippen LogP contribution >= 0.6 is 0 Å². The van der Waals surface area contributed by atoms with E-state index in [1.165, 1.54) is 11.2 Å². The molecule has 4 rings (SSSR count). The molecular weight excluding hydrogens is 394 g/mol. The molecule has 6 nitrogen and oxygen atoms in total. The molecule has 1 amide bonds. The number of amides is 1. The molecule has 0 spiro atoms. The topological polar surface area (TPSA) is 80.0 Å². The van der Waals surface area contributed by atoms with Crippen molar-refractivity contribution in [2.45, 2.75) is 32.9 Å². The van der Waals surface area contributed by atoms with Gasteiger partial charge in [-0.15, -0.1) is 0 Å². The molecule has 1 aliphatic rings. The largest absolute Gasteiger partial charge is 0.507 e. The molecule has 1 atom stereocenters. The first-order chi connectivity index (χ1) is 14.9. The number of aryl methyl sites for hydroxylation is 1. The highest BCUT2D eigenvalue weighted by atomic mass is 16.5. The number of furan rings is 1. The number of carbonyl (C=O) groups excluding carboxylic acids is 2. The second-order valence-corrected chi connectivity index (χ2v) is 7.71. The number of nitrogens with zero attached hydrogens (tertiary/aromatic N) is 1. The molecule has 158 valence electrons. The maximum Gasteiger partial charge on any atom is 0.300 e. The molecule has 3 aromatic rings. The summed E-state index contributed by atoms with van der Waals surface area (Å²) in [6.45, 7) is 5.78. The summed E-state index contributed by atoms with van der Waals surface area (Å²) in [5, 5.41) is 11.0. The normalized spacial score (nSPS) is 18.1. The van der Waals surface area contributed by atoms with Crippen molar-refractivity contribution in [3.8, 4) is 5.75 Å². The lowest BCUT2D eigenvalue weighted by molar-refractivity contribution is -0.132. The molecule has 2 heterocycles. The first-order valence-corrected chi connectivity index (χ1v) is 10.0. The van der Waals surface area contributed by atoms with E-state index in [4.69, 9.17) is 9.15 Å². The quantitative estimate of drug-likeness (QED) is 0.359. The zero-order chi connectivity index (χ0) is 22.1. The van der Waals surface area contributed by atoms with Gasteiger partial charge in [-0.25, -0.2) is 0 Å². The fourth-order valence-electron chi connectivity index (χ4n) is 3.64. The molecule has 1 unspecified atom stereocenters. The van der Waals surface area contributed by atoms with Crippen LogP contribution in [-0.4, -0.2) is 22.9 Å². The van der Waals surface area contributed by atoms with E-state index in [0.717, 1.165) is 5.56 Å². The Morgan fingerprint density at radius 1 is 1.03 bits per heavy atom. The third-order valence-electron chi connectivity index (χ3n) is 5.07. The Morgan fingerprint density at radius 3 is 2.29 bits per heavy atom. The number of Topliss-reactive ketones (excluding diaryl/α,β-unsaturated/α-hetero) is 1. The van der Waals surface area contributed by atoms with Gasteiger partial charge in [-0.3, -0.25) is 14.5 Å². The van der Waals surface area contributed by atoms with Crippen molar-refractivity contribution in [2.24, 2.45) is 0 Å². The van der Waals surface area contributed by atoms with Crippen LogP contribution < -0.4 is 9.64 Å². The average Bonchev–Trinajstić information content (AvgIpc) is 3.36. The summed E-state index contributed by atoms with van der Waals surface area (Å²) >= 11 is 0. The van der Waals surface area contributed by atoms with Crippen molar-refractivity contribution in [1.29, 1.82) is 0 Å². The summed E-state index contributed by atoms with van der Waals surface area (Å²) in [6, 6.07) is 16.5. The van der Waals surface area contributed by atoms with Gasteiger partial charge in [0.1, 0.15) is 23.3 Å². The number of aliphatic hydroxyl groups is 1. The minimum absolute atomic E-state index is 0.00805. The number of anilines is 1. The Labute approximate surface area is 180 Å². The number of rotatable bonds is 5. The first kappa shape index (κ1) is 20.5. The molecule has 0 saturated carbocycles. The smallest absolute Gasteiger partial charge is 0.300 e. The molecule has 31 heavy (non-hydrogen) atoms. The van der Waals surface area contributed by atoms with Crippen molar-refractivity contribution in [2.75, 3.05) is 4.90 Å². The fraction of sp³-hybridized carbons (Fsp3) is 0.200. The summed E-state index contributed by atoms with van der Waals surface area (Å²) in [4.78, 5) is 27.4. The summed E-state index contributed by atoms with van der Waals surface area (Å²) in [5.74, 6) is -0.684. The molecule has 6 heteroatoms. The highest BCUT2D eigenvalue weighted by molar-refractivity contribution is 6.51. The summed E-state index contributed by atoms with van der Waals surface area (Å²) < 4.78 is 11.2. The molecule has 1 fully saturated rings. The van der Waals surface area contributed by atoms with Gasteiger partial charge in [0.05, 0.1) is 17.9 Å². The van der Waals surface area contributed by atoms with Crippen LogP contribution in [0.4, 0.5) is 5.69 Å². The molecule has 1 saturated heterocycles. The average molecular weight is 417 g/mol. The van der Waals surface area contributed by atoms with Gasteiger partial charge in [0, 0.05) is 11.3 Å². The molecule has 0 bridgehead atoms. The van der Waals surface area contributed by atoms with E-state index in [-0.39, 0.29) is 17.4 Å². The lowest BCUT2D eigenvalue weighted by atomic mass is 9.98. The van der Waals surface area contributed by atoms with Gasteiger partial charge >= 0.3 is 0 Å². The van der Waals surface area contributed by atoms with Gasteiger partial charge in [0.2, 0.25) is 0 Å². The minimum atomic E-state index is -0.881. The van der Waals surface area contributed by atoms with Gasteiger partial charge in [-0.1, -0.05) is 29.8 Å². The lowest BCUT2D eigenvalue weighted by Crippen LogP contribution is -2.29. The molecule has 1 aliphatic heterocycles. The van der Waals surface area contributed by atoms with E-state index >= 15 is 0 Å². The predicted molar refractivity (Wildman–Crippen MR) is 117 cm³/mol. The Balaban J connectivity index is 1.82. The molecule has 1 N–H and O–H groups in total. The SMILES string of the molecule is Cc1ccc(/C(O)=C2/C(=O)C(=O)N(c3ccc(OC(C)C)cc3)C2c2ccco2)cc1. The van der Waals surface area contributed by atoms with Crippen LogP contribution in [0.1, 0.15) is 36.8 Å². The molecule has 2 aromatic carbocycles. The van der Waals surface area contributed by atoms with Crippen molar-refractivity contribution in [1.82, 2.24) is 0 Å². The highest BCUT2D eigenvalue weighted by Gasteiger charge is 2.48. The van der Waals surface area contributed by atoms with Crippen molar-refractivity contribution in [3.63, 3.8) is 0 Å². The number of hydrogen-bond donors (Lipinski definition) is 1. The number of benzene rings is 2. The number of hydrogen-bond acceptors (Lipinski definition) is 5. The van der Waals surface area contributed by atoms with Crippen LogP contribution in [0.2, 0.25) is 0 Å². The molecule has 0 aliphatic carbocycles.